The predicted octanol–water partition coefficient (Wildman–Crippen LogP) is 3.55. The van der Waals surface area contributed by atoms with Crippen molar-refractivity contribution >= 4 is 33.4 Å². The van der Waals surface area contributed by atoms with Crippen molar-refractivity contribution in [1.29, 1.82) is 0 Å². The van der Waals surface area contributed by atoms with Crippen LogP contribution in [-0.2, 0) is 0 Å². The van der Waals surface area contributed by atoms with Crippen molar-refractivity contribution < 1.29 is 13.5 Å². The molecule has 0 bridgehead atoms. The number of rotatable bonds is 4. The second-order valence-electron chi connectivity index (χ2n) is 8.54. The Hall–Kier alpha value is -3.53. The van der Waals surface area contributed by atoms with E-state index in [1.54, 1.807) is 31.6 Å². The average molecular weight is 437 g/mol. The number of halogens is 2. The number of nitrogens with two attached hydrogens (primary N) is 1. The minimum atomic E-state index is -0.944. The highest BCUT2D eigenvalue weighted by Crippen LogP contribution is 2.53. The molecule has 1 aromatic carbocycles. The highest BCUT2D eigenvalue weighted by atomic mass is 19.2. The third-order valence-electron chi connectivity index (χ3n) is 6.60. The summed E-state index contributed by atoms with van der Waals surface area (Å²) in [4.78, 5) is 18.3. The molecule has 1 spiro atoms. The Morgan fingerprint density at radius 3 is 2.81 bits per heavy atom. The van der Waals surface area contributed by atoms with Gasteiger partial charge in [-0.3, -0.25) is 4.98 Å². The molecular formula is C22H21F2N7O. The van der Waals surface area contributed by atoms with Gasteiger partial charge in [0.25, 0.3) is 0 Å². The fraction of sp³-hybridized carbons (Fsp3) is 0.318. The molecule has 0 radical (unpaired) electrons. The number of nitrogens with zero attached hydrogens (tertiary/aromatic N) is 4. The highest BCUT2D eigenvalue weighted by Gasteiger charge is 2.54. The van der Waals surface area contributed by atoms with E-state index in [0.717, 1.165) is 18.9 Å². The lowest BCUT2D eigenvalue weighted by atomic mass is 10.0. The number of nitrogens with one attached hydrogen (secondary N) is 2. The molecule has 32 heavy (non-hydrogen) atoms. The fourth-order valence-corrected chi connectivity index (χ4v) is 4.69. The molecule has 164 valence electrons. The normalized spacial score (nSPS) is 19.2. The first-order valence-electron chi connectivity index (χ1n) is 10.5. The maximum atomic E-state index is 15.1. The minimum Gasteiger partial charge on any atom is -0.423 e. The summed E-state index contributed by atoms with van der Waals surface area (Å²) in [5, 5.41) is 3.44. The molecule has 4 N–H and O–H groups in total. The molecule has 4 heterocycles. The molecule has 2 fully saturated rings. The molecule has 10 heteroatoms. The Morgan fingerprint density at radius 2 is 2.12 bits per heavy atom. The van der Waals surface area contributed by atoms with Crippen molar-refractivity contribution in [2.45, 2.75) is 18.9 Å². The Balaban J connectivity index is 1.60. The Bertz CT molecular complexity index is 1350. The van der Waals surface area contributed by atoms with E-state index in [1.807, 2.05) is 4.90 Å². The lowest BCUT2D eigenvalue weighted by Crippen LogP contribution is -2.30. The lowest BCUT2D eigenvalue weighted by molar-refractivity contribution is 0.442. The third kappa shape index (κ3) is 2.79. The van der Waals surface area contributed by atoms with E-state index in [1.165, 1.54) is 0 Å². The van der Waals surface area contributed by atoms with Gasteiger partial charge in [-0.25, -0.2) is 8.78 Å². The number of benzene rings is 1. The largest absolute Gasteiger partial charge is 0.423 e. The van der Waals surface area contributed by atoms with Crippen LogP contribution in [0.2, 0.25) is 0 Å². The van der Waals surface area contributed by atoms with Crippen LogP contribution in [-0.4, -0.2) is 46.1 Å². The molecule has 8 nitrogen and oxygen atoms in total. The zero-order valence-corrected chi connectivity index (χ0v) is 17.3. The van der Waals surface area contributed by atoms with Crippen LogP contribution in [0.1, 0.15) is 12.8 Å². The molecule has 2 aliphatic rings. The van der Waals surface area contributed by atoms with Gasteiger partial charge >= 0.3 is 6.01 Å². The Labute approximate surface area is 181 Å². The van der Waals surface area contributed by atoms with Crippen LogP contribution in [0.15, 0.2) is 30.6 Å². The van der Waals surface area contributed by atoms with Gasteiger partial charge in [0.1, 0.15) is 17.2 Å². The molecule has 6 rings (SSSR count). The summed E-state index contributed by atoms with van der Waals surface area (Å²) in [5.74, 6) is -0.938. The molecule has 1 saturated heterocycles. The quantitative estimate of drug-likeness (QED) is 0.448. The first-order valence-corrected chi connectivity index (χ1v) is 10.5. The molecular weight excluding hydrogens is 416 g/mol. The Kier molecular flexibility index (Phi) is 4.03. The van der Waals surface area contributed by atoms with Gasteiger partial charge < -0.3 is 25.7 Å². The molecule has 1 atom stereocenters. The Morgan fingerprint density at radius 1 is 1.28 bits per heavy atom. The fourth-order valence-electron chi connectivity index (χ4n) is 4.69. The third-order valence-corrected chi connectivity index (χ3v) is 6.60. The van der Waals surface area contributed by atoms with Crippen LogP contribution < -0.4 is 20.7 Å². The number of hydrogen-bond donors (Lipinski definition) is 3. The van der Waals surface area contributed by atoms with Gasteiger partial charge in [0.15, 0.2) is 11.6 Å². The zero-order chi connectivity index (χ0) is 22.0. The van der Waals surface area contributed by atoms with Crippen LogP contribution in [0.3, 0.4) is 0 Å². The van der Waals surface area contributed by atoms with Crippen LogP contribution in [0, 0.1) is 17.0 Å². The molecule has 1 aliphatic carbocycles. The van der Waals surface area contributed by atoms with Gasteiger partial charge in [-0.1, -0.05) is 0 Å². The van der Waals surface area contributed by atoms with E-state index < -0.39 is 11.6 Å². The second-order valence-corrected chi connectivity index (χ2v) is 8.54. The molecule has 0 unspecified atom stereocenters. The summed E-state index contributed by atoms with van der Waals surface area (Å²) in [6.45, 7) is 1.27. The van der Waals surface area contributed by atoms with Crippen LogP contribution in [0.4, 0.5) is 20.3 Å². The number of fused-ring (bicyclic) bond motifs is 3. The number of H-pyrrole nitrogens is 1. The zero-order valence-electron chi connectivity index (χ0n) is 17.3. The van der Waals surface area contributed by atoms with Crippen LogP contribution >= 0.6 is 0 Å². The monoisotopic (exact) mass is 437 g/mol. The highest BCUT2D eigenvalue weighted by molar-refractivity contribution is 6.15. The van der Waals surface area contributed by atoms with Crippen LogP contribution in [0.5, 0.6) is 11.8 Å². The standard InChI is InChI=1S/C22H21F2N7O/c1-26-13-7-12(23)17(24)15-16-19(28-18(13)15)29-21(32-11-3-2-6-27-8-11)30-20(16)31-9-14(25)22(10-31)4-5-22/h2-3,6-8,14,26H,4-5,9-10,25H2,1H3,(H,28,29,30)/t14-/m0/s1. The number of hydrogen-bond acceptors (Lipinski definition) is 7. The summed E-state index contributed by atoms with van der Waals surface area (Å²) in [7, 11) is 1.65. The van der Waals surface area contributed by atoms with Gasteiger partial charge in [0.05, 0.1) is 28.2 Å². The van der Waals surface area contributed by atoms with Crippen molar-refractivity contribution in [3.05, 3.63) is 42.2 Å². The first-order chi connectivity index (χ1) is 15.5. The molecule has 3 aromatic heterocycles. The van der Waals surface area contributed by atoms with E-state index in [9.17, 15) is 4.39 Å². The molecule has 1 aliphatic heterocycles. The molecule has 1 saturated carbocycles. The van der Waals surface area contributed by atoms with E-state index in [-0.39, 0.29) is 22.9 Å². The van der Waals surface area contributed by atoms with Crippen molar-refractivity contribution in [3.8, 4) is 11.8 Å². The van der Waals surface area contributed by atoms with Gasteiger partial charge in [-0.2, -0.15) is 9.97 Å². The number of anilines is 2. The first kappa shape index (κ1) is 19.2. The minimum absolute atomic E-state index is 0.00475. The number of ether oxygens (including phenoxy) is 1. The topological polar surface area (TPSA) is 105 Å². The smallest absolute Gasteiger partial charge is 0.326 e. The molecule has 0 amide bonds. The summed E-state index contributed by atoms with van der Waals surface area (Å²) in [6.07, 6.45) is 5.30. The summed E-state index contributed by atoms with van der Waals surface area (Å²) in [5.41, 5.74) is 7.68. The maximum absolute atomic E-state index is 15.1. The molecule has 4 aromatic rings. The van der Waals surface area contributed by atoms with Crippen molar-refractivity contribution in [2.75, 3.05) is 30.4 Å². The number of aromatic nitrogens is 4. The van der Waals surface area contributed by atoms with E-state index in [0.29, 0.717) is 46.9 Å². The summed E-state index contributed by atoms with van der Waals surface area (Å²) >= 11 is 0. The second kappa shape index (κ2) is 6.73. The summed E-state index contributed by atoms with van der Waals surface area (Å²) < 4.78 is 35.4. The number of aromatic amines is 1. The number of pyridine rings is 1. The SMILES string of the molecule is CNc1cc(F)c(F)c2c1[nH]c1nc(Oc3cccnc3)nc(N3C[C@H](N)C4(CC4)C3)c12. The van der Waals surface area contributed by atoms with E-state index in [2.05, 4.69) is 25.3 Å². The van der Waals surface area contributed by atoms with Crippen molar-refractivity contribution in [2.24, 2.45) is 11.1 Å². The van der Waals surface area contributed by atoms with Crippen molar-refractivity contribution in [1.82, 2.24) is 19.9 Å². The van der Waals surface area contributed by atoms with E-state index >= 15 is 4.39 Å². The van der Waals surface area contributed by atoms with Gasteiger partial charge in [-0.15, -0.1) is 0 Å². The maximum Gasteiger partial charge on any atom is 0.326 e. The lowest BCUT2D eigenvalue weighted by Gasteiger charge is -2.19. The summed E-state index contributed by atoms with van der Waals surface area (Å²) in [6, 6.07) is 4.69. The average Bonchev–Trinajstić information content (AvgIpc) is 3.36. The predicted molar refractivity (Wildman–Crippen MR) is 117 cm³/mol. The van der Waals surface area contributed by atoms with Gasteiger partial charge in [0.2, 0.25) is 0 Å². The van der Waals surface area contributed by atoms with Crippen molar-refractivity contribution in [3.63, 3.8) is 0 Å². The van der Waals surface area contributed by atoms with Gasteiger partial charge in [-0.05, 0) is 25.0 Å². The van der Waals surface area contributed by atoms with E-state index in [4.69, 9.17) is 10.5 Å². The van der Waals surface area contributed by atoms with Gasteiger partial charge in [0, 0.05) is 43.9 Å². The van der Waals surface area contributed by atoms with Crippen LogP contribution in [0.25, 0.3) is 21.9 Å².